The highest BCUT2D eigenvalue weighted by Gasteiger charge is 2.00. The molecule has 0 saturated carbocycles. The quantitative estimate of drug-likeness (QED) is 0.723. The fourth-order valence-electron chi connectivity index (χ4n) is 1.17. The van der Waals surface area contributed by atoms with Crippen LogP contribution in [0.25, 0.3) is 0 Å². The first-order chi connectivity index (χ1) is 7.26. The molecule has 0 heterocycles. The number of nitrogens with one attached hydrogen (secondary N) is 2. The van der Waals surface area contributed by atoms with Gasteiger partial charge in [-0.05, 0) is 25.1 Å². The van der Waals surface area contributed by atoms with Crippen molar-refractivity contribution in [2.75, 3.05) is 30.8 Å². The summed E-state index contributed by atoms with van der Waals surface area (Å²) in [6.07, 6.45) is 0. The first kappa shape index (κ1) is 11.4. The van der Waals surface area contributed by atoms with E-state index in [9.17, 15) is 4.79 Å². The summed E-state index contributed by atoms with van der Waals surface area (Å²) in [6.45, 7) is 2.40. The van der Waals surface area contributed by atoms with Crippen LogP contribution in [0, 0.1) is 0 Å². The standard InChI is InChI=1S/C11H16N2O2/c1-3-15-11(14)8-13-10-6-4-5-9(7-10)12-2/h4-7,12-13H,3,8H2,1-2H3. The van der Waals surface area contributed by atoms with E-state index in [2.05, 4.69) is 10.6 Å². The largest absolute Gasteiger partial charge is 0.465 e. The molecule has 0 saturated heterocycles. The number of hydrogen-bond donors (Lipinski definition) is 2. The second-order valence-electron chi connectivity index (χ2n) is 2.99. The van der Waals surface area contributed by atoms with Gasteiger partial charge in [-0.3, -0.25) is 4.79 Å². The Morgan fingerprint density at radius 2 is 2.13 bits per heavy atom. The summed E-state index contributed by atoms with van der Waals surface area (Å²) < 4.78 is 4.80. The van der Waals surface area contributed by atoms with Crippen molar-refractivity contribution in [1.29, 1.82) is 0 Å². The van der Waals surface area contributed by atoms with Crippen LogP contribution in [-0.2, 0) is 9.53 Å². The molecule has 4 nitrogen and oxygen atoms in total. The summed E-state index contributed by atoms with van der Waals surface area (Å²) in [5.41, 5.74) is 1.90. The van der Waals surface area contributed by atoms with Gasteiger partial charge in [0.1, 0.15) is 6.54 Å². The first-order valence-corrected chi connectivity index (χ1v) is 4.93. The summed E-state index contributed by atoms with van der Waals surface area (Å²) in [6, 6.07) is 7.70. The van der Waals surface area contributed by atoms with Gasteiger partial charge in [0.2, 0.25) is 0 Å². The van der Waals surface area contributed by atoms with Crippen molar-refractivity contribution in [3.05, 3.63) is 24.3 Å². The average molecular weight is 208 g/mol. The maximum atomic E-state index is 11.1. The Labute approximate surface area is 89.6 Å². The Morgan fingerprint density at radius 3 is 2.80 bits per heavy atom. The molecule has 1 aromatic rings. The van der Waals surface area contributed by atoms with Crippen molar-refractivity contribution < 1.29 is 9.53 Å². The van der Waals surface area contributed by atoms with Crippen molar-refractivity contribution in [3.8, 4) is 0 Å². The van der Waals surface area contributed by atoms with Crippen molar-refractivity contribution in [2.45, 2.75) is 6.92 Å². The van der Waals surface area contributed by atoms with E-state index in [0.717, 1.165) is 11.4 Å². The van der Waals surface area contributed by atoms with Gasteiger partial charge < -0.3 is 15.4 Å². The van der Waals surface area contributed by atoms with Crippen molar-refractivity contribution >= 4 is 17.3 Å². The van der Waals surface area contributed by atoms with E-state index in [1.54, 1.807) is 6.92 Å². The molecule has 0 aliphatic heterocycles. The normalized spacial score (nSPS) is 9.47. The lowest BCUT2D eigenvalue weighted by Crippen LogP contribution is -2.16. The van der Waals surface area contributed by atoms with E-state index >= 15 is 0 Å². The lowest BCUT2D eigenvalue weighted by molar-refractivity contribution is -0.140. The van der Waals surface area contributed by atoms with E-state index in [0.29, 0.717) is 6.61 Å². The van der Waals surface area contributed by atoms with Crippen molar-refractivity contribution in [3.63, 3.8) is 0 Å². The maximum Gasteiger partial charge on any atom is 0.325 e. The van der Waals surface area contributed by atoms with Crippen LogP contribution in [0.1, 0.15) is 6.92 Å². The molecule has 4 heteroatoms. The SMILES string of the molecule is CCOC(=O)CNc1cccc(NC)c1. The number of ether oxygens (including phenoxy) is 1. The molecule has 0 aliphatic rings. The summed E-state index contributed by atoms with van der Waals surface area (Å²) >= 11 is 0. The topological polar surface area (TPSA) is 50.4 Å². The van der Waals surface area contributed by atoms with Crippen molar-refractivity contribution in [2.24, 2.45) is 0 Å². The summed E-state index contributed by atoms with van der Waals surface area (Å²) in [4.78, 5) is 11.1. The summed E-state index contributed by atoms with van der Waals surface area (Å²) in [7, 11) is 1.85. The van der Waals surface area contributed by atoms with Gasteiger partial charge in [0.25, 0.3) is 0 Å². The maximum absolute atomic E-state index is 11.1. The molecule has 82 valence electrons. The molecule has 1 aromatic carbocycles. The van der Waals surface area contributed by atoms with E-state index < -0.39 is 0 Å². The Bertz CT molecular complexity index is 326. The van der Waals surface area contributed by atoms with Gasteiger partial charge in [-0.1, -0.05) is 6.07 Å². The molecule has 0 radical (unpaired) electrons. The number of carbonyl (C=O) groups is 1. The zero-order chi connectivity index (χ0) is 11.1. The summed E-state index contributed by atoms with van der Waals surface area (Å²) in [5.74, 6) is -0.243. The minimum atomic E-state index is -0.243. The van der Waals surface area contributed by atoms with Gasteiger partial charge in [0, 0.05) is 18.4 Å². The Kier molecular flexibility index (Phi) is 4.47. The van der Waals surface area contributed by atoms with Gasteiger partial charge in [-0.15, -0.1) is 0 Å². The molecule has 0 aromatic heterocycles. The third-order valence-corrected chi connectivity index (χ3v) is 1.89. The van der Waals surface area contributed by atoms with Gasteiger partial charge in [0.15, 0.2) is 0 Å². The molecule has 15 heavy (non-hydrogen) atoms. The van der Waals surface area contributed by atoms with Crippen molar-refractivity contribution in [1.82, 2.24) is 0 Å². The number of carbonyl (C=O) groups excluding carboxylic acids is 1. The predicted molar refractivity (Wildman–Crippen MR) is 61.1 cm³/mol. The molecule has 0 bridgehead atoms. The molecule has 2 N–H and O–H groups in total. The molecular formula is C11H16N2O2. The fourth-order valence-corrected chi connectivity index (χ4v) is 1.17. The van der Waals surface area contributed by atoms with Gasteiger partial charge in [0.05, 0.1) is 6.61 Å². The number of anilines is 2. The number of esters is 1. The Balaban J connectivity index is 2.46. The molecular weight excluding hydrogens is 192 g/mol. The molecule has 0 unspecified atom stereocenters. The lowest BCUT2D eigenvalue weighted by atomic mass is 10.3. The van der Waals surface area contributed by atoms with Crippen LogP contribution in [0.15, 0.2) is 24.3 Å². The number of rotatable bonds is 5. The number of hydrogen-bond acceptors (Lipinski definition) is 4. The molecule has 0 spiro atoms. The molecule has 0 amide bonds. The fraction of sp³-hybridized carbons (Fsp3) is 0.364. The minimum Gasteiger partial charge on any atom is -0.465 e. The van der Waals surface area contributed by atoms with Gasteiger partial charge in [-0.2, -0.15) is 0 Å². The predicted octanol–water partition coefficient (Wildman–Crippen LogP) is 1.70. The highest BCUT2D eigenvalue weighted by atomic mass is 16.5. The minimum absolute atomic E-state index is 0.195. The molecule has 1 rings (SSSR count). The zero-order valence-corrected chi connectivity index (χ0v) is 9.04. The molecule has 0 aliphatic carbocycles. The lowest BCUT2D eigenvalue weighted by Gasteiger charge is -2.07. The van der Waals surface area contributed by atoms with Crippen LogP contribution < -0.4 is 10.6 Å². The smallest absolute Gasteiger partial charge is 0.325 e. The molecule has 0 atom stereocenters. The van der Waals surface area contributed by atoms with E-state index in [-0.39, 0.29) is 12.5 Å². The highest BCUT2D eigenvalue weighted by Crippen LogP contribution is 2.13. The Hall–Kier alpha value is -1.71. The second kappa shape index (κ2) is 5.90. The first-order valence-electron chi connectivity index (χ1n) is 4.93. The Morgan fingerprint density at radius 1 is 1.40 bits per heavy atom. The van der Waals surface area contributed by atoms with Crippen LogP contribution in [0.4, 0.5) is 11.4 Å². The van der Waals surface area contributed by atoms with Crippen LogP contribution >= 0.6 is 0 Å². The van der Waals surface area contributed by atoms with Crippen LogP contribution in [0.3, 0.4) is 0 Å². The molecule has 0 fully saturated rings. The zero-order valence-electron chi connectivity index (χ0n) is 9.04. The van der Waals surface area contributed by atoms with Gasteiger partial charge in [-0.25, -0.2) is 0 Å². The van der Waals surface area contributed by atoms with Crippen LogP contribution in [-0.4, -0.2) is 26.2 Å². The summed E-state index contributed by atoms with van der Waals surface area (Å²) in [5, 5.41) is 6.01. The third kappa shape index (κ3) is 3.89. The van der Waals surface area contributed by atoms with E-state index in [1.165, 1.54) is 0 Å². The average Bonchev–Trinajstić information content (AvgIpc) is 2.27. The second-order valence-corrected chi connectivity index (χ2v) is 2.99. The van der Waals surface area contributed by atoms with Gasteiger partial charge >= 0.3 is 5.97 Å². The number of benzene rings is 1. The van der Waals surface area contributed by atoms with E-state index in [1.807, 2.05) is 31.3 Å². The van der Waals surface area contributed by atoms with E-state index in [4.69, 9.17) is 4.74 Å². The highest BCUT2D eigenvalue weighted by molar-refractivity contribution is 5.75. The third-order valence-electron chi connectivity index (χ3n) is 1.89. The monoisotopic (exact) mass is 208 g/mol. The van der Waals surface area contributed by atoms with Crippen LogP contribution in [0.5, 0.6) is 0 Å². The van der Waals surface area contributed by atoms with Crippen LogP contribution in [0.2, 0.25) is 0 Å².